The highest BCUT2D eigenvalue weighted by molar-refractivity contribution is 6.33. The van der Waals surface area contributed by atoms with Crippen LogP contribution in [0.4, 0.5) is 23.1 Å². The van der Waals surface area contributed by atoms with Crippen molar-refractivity contribution in [3.05, 3.63) is 70.9 Å². The Bertz CT molecular complexity index is 1200. The van der Waals surface area contributed by atoms with Crippen LogP contribution in [0.25, 0.3) is 0 Å². The Morgan fingerprint density at radius 3 is 2.58 bits per heavy atom. The van der Waals surface area contributed by atoms with E-state index >= 15 is 0 Å². The Kier molecular flexibility index (Phi) is 9.89. The van der Waals surface area contributed by atoms with Crippen LogP contribution >= 0.6 is 11.6 Å². The van der Waals surface area contributed by atoms with Gasteiger partial charge < -0.3 is 25.8 Å². The number of hydrogen-bond acceptors (Lipinski definition) is 8. The number of carbonyl (C=O) groups is 1. The summed E-state index contributed by atoms with van der Waals surface area (Å²) < 4.78 is 5.42. The second kappa shape index (κ2) is 13.5. The second-order valence-corrected chi connectivity index (χ2v) is 9.83. The van der Waals surface area contributed by atoms with Gasteiger partial charge in [-0.05, 0) is 35.7 Å². The third kappa shape index (κ3) is 7.41. The summed E-state index contributed by atoms with van der Waals surface area (Å²) in [7, 11) is 0. The fourth-order valence-corrected chi connectivity index (χ4v) is 4.31. The lowest BCUT2D eigenvalue weighted by atomic mass is 9.99. The molecule has 1 aliphatic rings. The van der Waals surface area contributed by atoms with Crippen molar-refractivity contribution < 1.29 is 14.6 Å². The zero-order chi connectivity index (χ0) is 26.9. The normalized spacial score (nSPS) is 15.5. The molecule has 1 aliphatic heterocycles. The predicted octanol–water partition coefficient (Wildman–Crippen LogP) is 4.59. The molecule has 2 aromatic carbocycles. The van der Waals surface area contributed by atoms with Crippen molar-refractivity contribution in [2.75, 3.05) is 43.5 Å². The first kappa shape index (κ1) is 27.8. The molecule has 9 nitrogen and oxygen atoms in total. The largest absolute Gasteiger partial charge is 0.394 e. The van der Waals surface area contributed by atoms with Gasteiger partial charge in [0.15, 0.2) is 5.82 Å². The van der Waals surface area contributed by atoms with E-state index in [0.29, 0.717) is 28.0 Å². The molecule has 0 spiro atoms. The van der Waals surface area contributed by atoms with Gasteiger partial charge in [-0.1, -0.05) is 56.1 Å². The van der Waals surface area contributed by atoms with E-state index in [4.69, 9.17) is 16.3 Å². The molecule has 10 heteroatoms. The summed E-state index contributed by atoms with van der Waals surface area (Å²) in [6.07, 6.45) is 2.35. The van der Waals surface area contributed by atoms with Crippen molar-refractivity contribution in [3.8, 4) is 0 Å². The minimum absolute atomic E-state index is 0.128. The Balaban J connectivity index is 1.45. The van der Waals surface area contributed by atoms with Gasteiger partial charge >= 0.3 is 0 Å². The number of ether oxygens (including phenoxy) is 1. The third-order valence-electron chi connectivity index (χ3n) is 6.73. The van der Waals surface area contributed by atoms with Crippen molar-refractivity contribution in [1.82, 2.24) is 20.2 Å². The van der Waals surface area contributed by atoms with Crippen LogP contribution in [-0.2, 0) is 11.3 Å². The predicted molar refractivity (Wildman–Crippen MR) is 150 cm³/mol. The lowest BCUT2D eigenvalue weighted by Gasteiger charge is -2.26. The number of nitrogens with one attached hydrogen (secondary N) is 3. The van der Waals surface area contributed by atoms with E-state index in [1.165, 1.54) is 11.8 Å². The topological polar surface area (TPSA) is 112 Å². The van der Waals surface area contributed by atoms with Gasteiger partial charge in [0.2, 0.25) is 5.95 Å². The molecule has 1 fully saturated rings. The molecule has 38 heavy (non-hydrogen) atoms. The number of hydrogen-bond donors (Lipinski definition) is 4. The number of benzene rings is 2. The van der Waals surface area contributed by atoms with Crippen LogP contribution in [-0.4, -0.2) is 64.8 Å². The maximum atomic E-state index is 13.0. The Labute approximate surface area is 228 Å². The zero-order valence-corrected chi connectivity index (χ0v) is 22.5. The molecule has 0 bridgehead atoms. The molecular formula is C28H35ClN6O3. The molecular weight excluding hydrogens is 504 g/mol. The number of carbonyl (C=O) groups excluding carboxylic acids is 1. The van der Waals surface area contributed by atoms with Gasteiger partial charge in [-0.3, -0.25) is 9.69 Å². The quantitative estimate of drug-likeness (QED) is 0.280. The van der Waals surface area contributed by atoms with Crippen LogP contribution in [0.15, 0.2) is 54.7 Å². The zero-order valence-electron chi connectivity index (χ0n) is 21.8. The molecule has 0 saturated carbocycles. The fourth-order valence-electron chi connectivity index (χ4n) is 4.17. The van der Waals surface area contributed by atoms with Gasteiger partial charge in [-0.15, -0.1) is 0 Å². The second-order valence-electron chi connectivity index (χ2n) is 9.42. The molecule has 1 amide bonds. The van der Waals surface area contributed by atoms with Crippen LogP contribution in [0.5, 0.6) is 0 Å². The maximum absolute atomic E-state index is 13.0. The maximum Gasteiger partial charge on any atom is 0.253 e. The number of rotatable bonds is 11. The molecule has 4 N–H and O–H groups in total. The Hall–Kier alpha value is -3.24. The first-order valence-electron chi connectivity index (χ1n) is 12.9. The summed E-state index contributed by atoms with van der Waals surface area (Å²) in [4.78, 5) is 24.3. The van der Waals surface area contributed by atoms with Gasteiger partial charge in [0.05, 0.1) is 43.3 Å². The number of amides is 1. The van der Waals surface area contributed by atoms with Crippen LogP contribution in [0.2, 0.25) is 5.02 Å². The van der Waals surface area contributed by atoms with Crippen molar-refractivity contribution in [3.63, 3.8) is 0 Å². The molecule has 3 aromatic rings. The molecule has 4 rings (SSSR count). The first-order valence-corrected chi connectivity index (χ1v) is 13.3. The number of halogens is 1. The average molecular weight is 539 g/mol. The number of aliphatic hydroxyl groups is 1. The van der Waals surface area contributed by atoms with Crippen LogP contribution in [0, 0.1) is 5.92 Å². The van der Waals surface area contributed by atoms with Gasteiger partial charge in [0.25, 0.3) is 5.91 Å². The van der Waals surface area contributed by atoms with E-state index in [1.807, 2.05) is 32.0 Å². The lowest BCUT2D eigenvalue weighted by molar-refractivity contribution is 0.0342. The number of para-hydroxylation sites is 1. The highest BCUT2D eigenvalue weighted by Crippen LogP contribution is 2.27. The minimum Gasteiger partial charge on any atom is -0.394 e. The number of morpholine rings is 1. The van der Waals surface area contributed by atoms with Crippen molar-refractivity contribution in [2.24, 2.45) is 5.92 Å². The minimum atomic E-state index is -0.334. The number of aliphatic hydroxyl groups excluding tert-OH is 1. The summed E-state index contributed by atoms with van der Waals surface area (Å²) in [6.45, 7) is 8.23. The summed E-state index contributed by atoms with van der Waals surface area (Å²) in [5.74, 6) is 0.599. The molecule has 1 aromatic heterocycles. The molecule has 2 unspecified atom stereocenters. The van der Waals surface area contributed by atoms with Crippen LogP contribution in [0.3, 0.4) is 0 Å². The Morgan fingerprint density at radius 1 is 1.13 bits per heavy atom. The van der Waals surface area contributed by atoms with Gasteiger partial charge in [0, 0.05) is 25.3 Å². The van der Waals surface area contributed by atoms with E-state index in [9.17, 15) is 9.90 Å². The molecule has 202 valence electrons. The highest BCUT2D eigenvalue weighted by atomic mass is 35.5. The molecule has 1 saturated heterocycles. The van der Waals surface area contributed by atoms with E-state index < -0.39 is 0 Å². The monoisotopic (exact) mass is 538 g/mol. The summed E-state index contributed by atoms with van der Waals surface area (Å²) in [5, 5.41) is 19.4. The van der Waals surface area contributed by atoms with Gasteiger partial charge in [-0.2, -0.15) is 4.98 Å². The van der Waals surface area contributed by atoms with E-state index in [1.54, 1.807) is 18.2 Å². The van der Waals surface area contributed by atoms with Gasteiger partial charge in [0.1, 0.15) is 5.02 Å². The van der Waals surface area contributed by atoms with Crippen molar-refractivity contribution in [1.29, 1.82) is 0 Å². The SMILES string of the molecule is CCC(C)C(CO)NC(=O)c1ccccc1Nc1nc(Nc2ccc(CN3CCOCC3)cc2)ncc1Cl. The average Bonchev–Trinajstić information content (AvgIpc) is 2.95. The summed E-state index contributed by atoms with van der Waals surface area (Å²) in [6, 6.07) is 14.9. The van der Waals surface area contributed by atoms with E-state index in [-0.39, 0.29) is 24.5 Å². The first-order chi connectivity index (χ1) is 18.5. The van der Waals surface area contributed by atoms with Crippen LogP contribution < -0.4 is 16.0 Å². The van der Waals surface area contributed by atoms with Gasteiger partial charge in [-0.25, -0.2) is 4.98 Å². The van der Waals surface area contributed by atoms with E-state index in [2.05, 4.69) is 43.0 Å². The van der Waals surface area contributed by atoms with Crippen molar-refractivity contribution in [2.45, 2.75) is 32.9 Å². The fraction of sp³-hybridized carbons (Fsp3) is 0.393. The highest BCUT2D eigenvalue weighted by Gasteiger charge is 2.20. The molecule has 2 heterocycles. The summed E-state index contributed by atoms with van der Waals surface area (Å²) >= 11 is 6.40. The lowest BCUT2D eigenvalue weighted by Crippen LogP contribution is -2.42. The molecule has 2 atom stereocenters. The number of anilines is 4. The Morgan fingerprint density at radius 2 is 1.87 bits per heavy atom. The van der Waals surface area contributed by atoms with Crippen molar-refractivity contribution >= 4 is 40.6 Å². The number of nitrogens with zero attached hydrogens (tertiary/aromatic N) is 3. The number of aromatic nitrogens is 2. The third-order valence-corrected chi connectivity index (χ3v) is 7.01. The standard InChI is InChI=1S/C28H35ClN6O3/c1-3-19(2)25(18-36)33-27(37)22-6-4-5-7-24(22)32-26-23(29)16-30-28(34-26)31-21-10-8-20(9-11-21)17-35-12-14-38-15-13-35/h4-11,16,19,25,36H,3,12-15,17-18H2,1-2H3,(H,33,37)(H2,30,31,32,34). The van der Waals surface area contributed by atoms with Crippen LogP contribution in [0.1, 0.15) is 36.2 Å². The van der Waals surface area contributed by atoms with E-state index in [0.717, 1.165) is 45.0 Å². The molecule has 0 radical (unpaired) electrons. The summed E-state index contributed by atoms with van der Waals surface area (Å²) in [5.41, 5.74) is 3.05. The smallest absolute Gasteiger partial charge is 0.253 e. The molecule has 0 aliphatic carbocycles.